The smallest absolute Gasteiger partial charge is 0.433 e. The van der Waals surface area contributed by atoms with Crippen LogP contribution in [0.15, 0.2) is 41.6 Å². The maximum atomic E-state index is 13.5. The molecule has 3 N–H and O–H groups in total. The number of nitrogens with one attached hydrogen (secondary N) is 1. The first kappa shape index (κ1) is 27.1. The molecule has 2 heterocycles. The van der Waals surface area contributed by atoms with Crippen molar-refractivity contribution in [3.8, 4) is 11.3 Å². The number of amides is 2. The molecule has 2 amide bonds. The normalized spacial score (nSPS) is 12.2. The fraction of sp³-hybridized carbons (Fsp3) is 0.261. The quantitative estimate of drug-likeness (QED) is 0.237. The number of anilines is 1. The van der Waals surface area contributed by atoms with Crippen molar-refractivity contribution in [2.45, 2.75) is 37.4 Å². The van der Waals surface area contributed by atoms with Crippen molar-refractivity contribution >= 4 is 45.9 Å². The van der Waals surface area contributed by atoms with Gasteiger partial charge in [0.15, 0.2) is 5.16 Å². The summed E-state index contributed by atoms with van der Waals surface area (Å²) in [7, 11) is 0. The van der Waals surface area contributed by atoms with E-state index in [1.807, 2.05) is 0 Å². The number of ether oxygens (including phenoxy) is 1. The highest BCUT2D eigenvalue weighted by atomic mass is 32.2. The average Bonchev–Trinajstić information content (AvgIpc) is 3.14. The monoisotopic (exact) mass is 538 g/mol. The van der Waals surface area contributed by atoms with E-state index in [0.717, 1.165) is 17.4 Å². The number of hydrogen-bond donors (Lipinski definition) is 2. The van der Waals surface area contributed by atoms with Crippen LogP contribution in [0.5, 0.6) is 0 Å². The van der Waals surface area contributed by atoms with E-state index >= 15 is 0 Å². The minimum Gasteiger partial charge on any atom is -0.462 e. The number of halogens is 3. The summed E-state index contributed by atoms with van der Waals surface area (Å²) in [6, 6.07) is 9.11. The van der Waals surface area contributed by atoms with Gasteiger partial charge >= 0.3 is 12.1 Å². The van der Waals surface area contributed by atoms with Gasteiger partial charge in [0.1, 0.15) is 15.6 Å². The fourth-order valence-electron chi connectivity index (χ4n) is 3.09. The number of benzene rings is 1. The number of aromatic nitrogens is 2. The molecular formula is C23H21F3N4O4S2. The number of nitrogens with two attached hydrogens (primary N) is 1. The predicted octanol–water partition coefficient (Wildman–Crippen LogP) is 4.93. The van der Waals surface area contributed by atoms with Crippen molar-refractivity contribution in [2.24, 2.45) is 5.73 Å². The summed E-state index contributed by atoms with van der Waals surface area (Å²) in [6.45, 7) is 4.68. The molecule has 0 saturated heterocycles. The molecule has 8 nitrogen and oxygen atoms in total. The summed E-state index contributed by atoms with van der Waals surface area (Å²) in [5.41, 5.74) is 5.02. The number of thioether (sulfide) groups is 1. The van der Waals surface area contributed by atoms with Crippen molar-refractivity contribution in [1.29, 1.82) is 0 Å². The van der Waals surface area contributed by atoms with E-state index in [1.165, 1.54) is 13.8 Å². The minimum atomic E-state index is -4.72. The molecule has 1 atom stereocenters. The molecule has 0 aliphatic carbocycles. The lowest BCUT2D eigenvalue weighted by Crippen LogP contribution is -2.24. The number of alkyl halides is 3. The predicted molar refractivity (Wildman–Crippen MR) is 130 cm³/mol. The molecule has 0 spiro atoms. The zero-order valence-electron chi connectivity index (χ0n) is 19.3. The Kier molecular flexibility index (Phi) is 8.35. The summed E-state index contributed by atoms with van der Waals surface area (Å²) < 4.78 is 45.4. The Bertz CT molecular complexity index is 1300. The number of carbonyl (C=O) groups is 3. The van der Waals surface area contributed by atoms with Crippen LogP contribution in [0.25, 0.3) is 11.3 Å². The van der Waals surface area contributed by atoms with E-state index in [9.17, 15) is 27.6 Å². The van der Waals surface area contributed by atoms with Crippen LogP contribution >= 0.6 is 23.1 Å². The number of esters is 1. The Balaban J connectivity index is 1.88. The summed E-state index contributed by atoms with van der Waals surface area (Å²) in [4.78, 5) is 44.9. The van der Waals surface area contributed by atoms with Gasteiger partial charge < -0.3 is 15.8 Å². The minimum absolute atomic E-state index is 0.0374. The van der Waals surface area contributed by atoms with E-state index in [-0.39, 0.29) is 38.5 Å². The van der Waals surface area contributed by atoms with Crippen LogP contribution < -0.4 is 11.1 Å². The highest BCUT2D eigenvalue weighted by molar-refractivity contribution is 8.00. The second-order valence-corrected chi connectivity index (χ2v) is 9.71. The molecule has 2 aromatic heterocycles. The Hall–Kier alpha value is -3.45. The van der Waals surface area contributed by atoms with Gasteiger partial charge in [-0.25, -0.2) is 14.8 Å². The van der Waals surface area contributed by atoms with E-state index in [2.05, 4.69) is 15.3 Å². The molecular weight excluding hydrogens is 517 g/mol. The van der Waals surface area contributed by atoms with E-state index in [4.69, 9.17) is 10.5 Å². The SMILES string of the molecule is CCOC(=O)c1sc(NC(=O)C(C)Sc2nc(-c3ccccc3)cc(C(F)(F)F)n2)c(C(N)=O)c1C. The van der Waals surface area contributed by atoms with Crippen LogP contribution in [0.2, 0.25) is 0 Å². The number of thiophene rings is 1. The molecule has 3 rings (SSSR count). The first-order valence-electron chi connectivity index (χ1n) is 10.5. The molecule has 13 heteroatoms. The van der Waals surface area contributed by atoms with E-state index in [1.54, 1.807) is 37.3 Å². The molecule has 3 aromatic rings. The highest BCUT2D eigenvalue weighted by Crippen LogP contribution is 2.35. The number of hydrogen-bond acceptors (Lipinski definition) is 8. The van der Waals surface area contributed by atoms with E-state index in [0.29, 0.717) is 17.3 Å². The van der Waals surface area contributed by atoms with Gasteiger partial charge in [0, 0.05) is 5.56 Å². The van der Waals surface area contributed by atoms with Gasteiger partial charge in [0.2, 0.25) is 5.91 Å². The Morgan fingerprint density at radius 3 is 2.44 bits per heavy atom. The first-order chi connectivity index (χ1) is 16.9. The summed E-state index contributed by atoms with van der Waals surface area (Å²) >= 11 is 1.54. The van der Waals surface area contributed by atoms with Gasteiger partial charge in [-0.2, -0.15) is 13.2 Å². The third kappa shape index (κ3) is 6.21. The summed E-state index contributed by atoms with van der Waals surface area (Å²) in [5.74, 6) is -2.18. The maximum absolute atomic E-state index is 13.5. The third-order valence-electron chi connectivity index (χ3n) is 4.81. The summed E-state index contributed by atoms with van der Waals surface area (Å²) in [6.07, 6.45) is -4.72. The van der Waals surface area contributed by atoms with Crippen molar-refractivity contribution in [1.82, 2.24) is 9.97 Å². The first-order valence-corrected chi connectivity index (χ1v) is 12.2. The van der Waals surface area contributed by atoms with Crippen LogP contribution in [-0.4, -0.2) is 39.6 Å². The third-order valence-corrected chi connectivity index (χ3v) is 6.96. The van der Waals surface area contributed by atoms with Gasteiger partial charge in [-0.3, -0.25) is 9.59 Å². The number of rotatable bonds is 8. The van der Waals surface area contributed by atoms with Gasteiger partial charge in [0.25, 0.3) is 5.91 Å². The van der Waals surface area contributed by atoms with Crippen LogP contribution in [0.4, 0.5) is 18.2 Å². The largest absolute Gasteiger partial charge is 0.462 e. The molecule has 0 saturated carbocycles. The maximum Gasteiger partial charge on any atom is 0.433 e. The molecule has 0 bridgehead atoms. The highest BCUT2D eigenvalue weighted by Gasteiger charge is 2.34. The molecule has 190 valence electrons. The van der Waals surface area contributed by atoms with E-state index < -0.39 is 34.9 Å². The lowest BCUT2D eigenvalue weighted by Gasteiger charge is -2.14. The number of primary amides is 1. The van der Waals surface area contributed by atoms with Crippen molar-refractivity contribution < 1.29 is 32.3 Å². The van der Waals surface area contributed by atoms with Crippen molar-refractivity contribution in [2.75, 3.05) is 11.9 Å². The Morgan fingerprint density at radius 2 is 1.86 bits per heavy atom. The molecule has 0 radical (unpaired) electrons. The van der Waals surface area contributed by atoms with Gasteiger partial charge in [0.05, 0.1) is 23.1 Å². The zero-order chi connectivity index (χ0) is 26.6. The molecule has 0 aliphatic heterocycles. The van der Waals surface area contributed by atoms with Gasteiger partial charge in [-0.15, -0.1) is 11.3 Å². The molecule has 0 fully saturated rings. The Morgan fingerprint density at radius 1 is 1.19 bits per heavy atom. The Labute approximate surface area is 212 Å². The molecule has 1 unspecified atom stereocenters. The van der Waals surface area contributed by atoms with Crippen molar-refractivity contribution in [3.05, 3.63) is 58.1 Å². The van der Waals surface area contributed by atoms with Crippen LogP contribution in [0.1, 0.15) is 45.1 Å². The second-order valence-electron chi connectivity index (χ2n) is 7.38. The number of nitrogens with zero attached hydrogens (tertiary/aromatic N) is 2. The van der Waals surface area contributed by atoms with Crippen LogP contribution in [-0.2, 0) is 15.7 Å². The average molecular weight is 539 g/mol. The van der Waals surface area contributed by atoms with Crippen LogP contribution in [0, 0.1) is 6.92 Å². The van der Waals surface area contributed by atoms with Gasteiger partial charge in [-0.05, 0) is 32.4 Å². The molecule has 0 aliphatic rings. The van der Waals surface area contributed by atoms with Gasteiger partial charge in [-0.1, -0.05) is 42.1 Å². The zero-order valence-corrected chi connectivity index (χ0v) is 20.9. The molecule has 1 aromatic carbocycles. The molecule has 36 heavy (non-hydrogen) atoms. The second kappa shape index (κ2) is 11.1. The lowest BCUT2D eigenvalue weighted by atomic mass is 10.1. The van der Waals surface area contributed by atoms with Crippen molar-refractivity contribution in [3.63, 3.8) is 0 Å². The number of carbonyl (C=O) groups excluding carboxylic acids is 3. The fourth-order valence-corrected chi connectivity index (χ4v) is 4.99. The topological polar surface area (TPSA) is 124 Å². The van der Waals surface area contributed by atoms with Crippen LogP contribution in [0.3, 0.4) is 0 Å². The standard InChI is InChI=1S/C23H21F3N4O4S2/c1-4-34-21(33)17-11(2)16(18(27)31)20(36-17)30-19(32)12(3)35-22-28-14(13-8-6-5-7-9-13)10-15(29-22)23(24,25)26/h5-10,12H,4H2,1-3H3,(H2,27,31)(H,30,32). The summed E-state index contributed by atoms with van der Waals surface area (Å²) in [5, 5.41) is 1.35. The lowest BCUT2D eigenvalue weighted by molar-refractivity contribution is -0.141.